The zero-order chi connectivity index (χ0) is 15.7. The van der Waals surface area contributed by atoms with Crippen molar-refractivity contribution in [1.29, 1.82) is 0 Å². The molecule has 0 unspecified atom stereocenters. The van der Waals surface area contributed by atoms with Gasteiger partial charge in [0.15, 0.2) is 0 Å². The van der Waals surface area contributed by atoms with E-state index in [-0.39, 0.29) is 10.9 Å². The van der Waals surface area contributed by atoms with E-state index in [4.69, 9.17) is 0 Å². The summed E-state index contributed by atoms with van der Waals surface area (Å²) in [7, 11) is -3.55. The zero-order valence-corrected chi connectivity index (χ0v) is 13.9. The second-order valence-electron chi connectivity index (χ2n) is 5.04. The van der Waals surface area contributed by atoms with Crippen LogP contribution in [-0.2, 0) is 15.6 Å². The highest BCUT2D eigenvalue weighted by Gasteiger charge is 2.23. The van der Waals surface area contributed by atoms with Crippen LogP contribution in [0.2, 0.25) is 0 Å². The van der Waals surface area contributed by atoms with E-state index in [1.165, 1.54) is 17.5 Å². The Hall–Kier alpha value is -1.99. The second kappa shape index (κ2) is 5.66. The van der Waals surface area contributed by atoms with E-state index in [1.54, 1.807) is 16.1 Å². The number of benzene rings is 1. The van der Waals surface area contributed by atoms with Gasteiger partial charge in [0.25, 0.3) is 0 Å². The molecule has 0 bridgehead atoms. The number of hydrogen-bond donors (Lipinski definition) is 0. The van der Waals surface area contributed by atoms with E-state index in [2.05, 4.69) is 9.97 Å². The average molecular weight is 333 g/mol. The largest absolute Gasteiger partial charge is 0.291 e. The van der Waals surface area contributed by atoms with Gasteiger partial charge in [-0.15, -0.1) is 11.3 Å². The Labute approximate surface area is 133 Å². The van der Waals surface area contributed by atoms with Crippen LogP contribution >= 0.6 is 11.3 Å². The third kappa shape index (κ3) is 2.95. The molecule has 0 aliphatic carbocycles. The Morgan fingerprint density at radius 1 is 1.27 bits per heavy atom. The second-order valence-corrected chi connectivity index (χ2v) is 7.98. The maximum Gasteiger partial charge on any atom is 0.232 e. The predicted octanol–water partition coefficient (Wildman–Crippen LogP) is 2.92. The van der Waals surface area contributed by atoms with Gasteiger partial charge in [-0.05, 0) is 31.5 Å². The smallest absolute Gasteiger partial charge is 0.232 e. The summed E-state index contributed by atoms with van der Waals surface area (Å²) in [6.07, 6.45) is 3.16. The summed E-state index contributed by atoms with van der Waals surface area (Å²) in [6.45, 7) is 3.82. The lowest BCUT2D eigenvalue weighted by Gasteiger charge is -2.08. The molecule has 0 saturated heterocycles. The summed E-state index contributed by atoms with van der Waals surface area (Å²) < 4.78 is 26.9. The SMILES string of the molecule is Cc1cccc(-n2ccnc2S(=O)(=O)Cc2csc(C)n2)c1. The molecule has 0 spiro atoms. The maximum atomic E-state index is 12.6. The van der Waals surface area contributed by atoms with E-state index in [1.807, 2.05) is 38.1 Å². The molecular weight excluding hydrogens is 318 g/mol. The van der Waals surface area contributed by atoms with E-state index in [0.29, 0.717) is 5.69 Å². The minimum absolute atomic E-state index is 0.0451. The minimum atomic E-state index is -3.55. The number of imidazole rings is 1. The molecular formula is C15H15N3O2S2. The molecule has 0 aliphatic heterocycles. The Kier molecular flexibility index (Phi) is 3.84. The van der Waals surface area contributed by atoms with Crippen molar-refractivity contribution in [3.8, 4) is 5.69 Å². The highest BCUT2D eigenvalue weighted by Crippen LogP contribution is 2.20. The average Bonchev–Trinajstić information content (AvgIpc) is 3.08. The lowest BCUT2D eigenvalue weighted by molar-refractivity contribution is 0.583. The normalized spacial score (nSPS) is 11.7. The summed E-state index contributed by atoms with van der Waals surface area (Å²) in [6, 6.07) is 7.64. The molecule has 0 amide bonds. The molecule has 0 aliphatic rings. The van der Waals surface area contributed by atoms with Crippen LogP contribution < -0.4 is 0 Å². The third-order valence-electron chi connectivity index (χ3n) is 3.17. The van der Waals surface area contributed by atoms with Crippen molar-refractivity contribution in [3.63, 3.8) is 0 Å². The number of sulfone groups is 1. The number of hydrogen-bond acceptors (Lipinski definition) is 5. The molecule has 1 aromatic carbocycles. The van der Waals surface area contributed by atoms with Crippen molar-refractivity contribution >= 4 is 21.2 Å². The Bertz CT molecular complexity index is 910. The Balaban J connectivity index is 2.00. The van der Waals surface area contributed by atoms with Crippen LogP contribution in [0.5, 0.6) is 0 Å². The van der Waals surface area contributed by atoms with Crippen LogP contribution in [0.1, 0.15) is 16.3 Å². The van der Waals surface area contributed by atoms with Gasteiger partial charge < -0.3 is 0 Å². The molecule has 0 saturated carbocycles. The van der Waals surface area contributed by atoms with Crippen molar-refractivity contribution in [2.45, 2.75) is 24.8 Å². The van der Waals surface area contributed by atoms with Crippen LogP contribution in [0.3, 0.4) is 0 Å². The first-order chi connectivity index (χ1) is 10.5. The van der Waals surface area contributed by atoms with Crippen LogP contribution in [0.25, 0.3) is 5.69 Å². The number of rotatable bonds is 4. The van der Waals surface area contributed by atoms with Crippen molar-refractivity contribution in [2.75, 3.05) is 0 Å². The lowest BCUT2D eigenvalue weighted by atomic mass is 10.2. The molecule has 0 N–H and O–H groups in total. The standard InChI is InChI=1S/C15H15N3O2S2/c1-11-4-3-5-14(8-11)18-7-6-16-15(18)22(19,20)10-13-9-21-12(2)17-13/h3-9H,10H2,1-2H3. The van der Waals surface area contributed by atoms with Crippen LogP contribution in [0, 0.1) is 13.8 Å². The molecule has 3 rings (SSSR count). The van der Waals surface area contributed by atoms with Gasteiger partial charge in [-0.3, -0.25) is 4.57 Å². The quantitative estimate of drug-likeness (QED) is 0.736. The lowest BCUT2D eigenvalue weighted by Crippen LogP contribution is -2.12. The number of nitrogens with zero attached hydrogens (tertiary/aromatic N) is 3. The van der Waals surface area contributed by atoms with Gasteiger partial charge in [-0.2, -0.15) is 0 Å². The van der Waals surface area contributed by atoms with Gasteiger partial charge in [-0.1, -0.05) is 12.1 Å². The first kappa shape index (κ1) is 14.9. The van der Waals surface area contributed by atoms with Crippen molar-refractivity contribution < 1.29 is 8.42 Å². The van der Waals surface area contributed by atoms with Gasteiger partial charge in [0.2, 0.25) is 15.0 Å². The predicted molar refractivity (Wildman–Crippen MR) is 86.0 cm³/mol. The van der Waals surface area contributed by atoms with Crippen molar-refractivity contribution in [3.05, 3.63) is 58.3 Å². The summed E-state index contributed by atoms with van der Waals surface area (Å²) in [5.74, 6) is -0.139. The minimum Gasteiger partial charge on any atom is -0.291 e. The fraction of sp³-hybridized carbons (Fsp3) is 0.200. The molecule has 2 aromatic heterocycles. The summed E-state index contributed by atoms with van der Waals surface area (Å²) in [5.41, 5.74) is 2.40. The number of thiazole rings is 1. The van der Waals surface area contributed by atoms with Gasteiger partial charge in [0.1, 0.15) is 5.75 Å². The molecule has 114 valence electrons. The molecule has 2 heterocycles. The van der Waals surface area contributed by atoms with Crippen molar-refractivity contribution in [1.82, 2.24) is 14.5 Å². The first-order valence-electron chi connectivity index (χ1n) is 6.70. The Morgan fingerprint density at radius 2 is 2.09 bits per heavy atom. The highest BCUT2D eigenvalue weighted by molar-refractivity contribution is 7.90. The van der Waals surface area contributed by atoms with Gasteiger partial charge in [0, 0.05) is 23.5 Å². The molecule has 3 aromatic rings. The fourth-order valence-electron chi connectivity index (χ4n) is 2.23. The summed E-state index contributed by atoms with van der Waals surface area (Å²) >= 11 is 1.44. The number of aryl methyl sites for hydroxylation is 2. The first-order valence-corrected chi connectivity index (χ1v) is 9.23. The highest BCUT2D eigenvalue weighted by atomic mass is 32.2. The third-order valence-corrected chi connectivity index (χ3v) is 5.53. The fourth-order valence-corrected chi connectivity index (χ4v) is 4.30. The van der Waals surface area contributed by atoms with E-state index >= 15 is 0 Å². The molecule has 0 radical (unpaired) electrons. The van der Waals surface area contributed by atoms with E-state index < -0.39 is 9.84 Å². The summed E-state index contributed by atoms with van der Waals surface area (Å²) in [5, 5.41) is 2.67. The molecule has 7 heteroatoms. The van der Waals surface area contributed by atoms with Gasteiger partial charge in [-0.25, -0.2) is 18.4 Å². The zero-order valence-electron chi connectivity index (χ0n) is 12.2. The van der Waals surface area contributed by atoms with Crippen LogP contribution in [0.4, 0.5) is 0 Å². The molecule has 0 atom stereocenters. The van der Waals surface area contributed by atoms with Gasteiger partial charge >= 0.3 is 0 Å². The van der Waals surface area contributed by atoms with Crippen LogP contribution in [0.15, 0.2) is 47.2 Å². The Morgan fingerprint density at radius 3 is 2.77 bits per heavy atom. The topological polar surface area (TPSA) is 64.8 Å². The molecule has 0 fully saturated rings. The molecule has 5 nitrogen and oxygen atoms in total. The number of aromatic nitrogens is 3. The maximum absolute atomic E-state index is 12.6. The summed E-state index contributed by atoms with van der Waals surface area (Å²) in [4.78, 5) is 8.27. The van der Waals surface area contributed by atoms with E-state index in [0.717, 1.165) is 16.3 Å². The van der Waals surface area contributed by atoms with E-state index in [9.17, 15) is 8.42 Å². The molecule has 22 heavy (non-hydrogen) atoms. The van der Waals surface area contributed by atoms with Crippen LogP contribution in [-0.4, -0.2) is 23.0 Å². The monoisotopic (exact) mass is 333 g/mol. The van der Waals surface area contributed by atoms with Crippen molar-refractivity contribution in [2.24, 2.45) is 0 Å². The van der Waals surface area contributed by atoms with Gasteiger partial charge in [0.05, 0.1) is 10.7 Å².